The van der Waals surface area contributed by atoms with E-state index in [-0.39, 0.29) is 0 Å². The van der Waals surface area contributed by atoms with Crippen molar-refractivity contribution in [1.82, 2.24) is 25.3 Å². The molecular formula is C12H11N5S. The van der Waals surface area contributed by atoms with Gasteiger partial charge in [-0.05, 0) is 59.7 Å². The number of hydrogen-bond acceptors (Lipinski definition) is 5. The smallest absolute Gasteiger partial charge is 0.140 e. The highest BCUT2D eigenvalue weighted by Crippen LogP contribution is 2.27. The van der Waals surface area contributed by atoms with Crippen LogP contribution in [0, 0.1) is 13.8 Å². The number of rotatable bonds is 2. The zero-order valence-electron chi connectivity index (χ0n) is 10.0. The molecule has 0 amide bonds. The van der Waals surface area contributed by atoms with Crippen LogP contribution in [0.25, 0.3) is 5.65 Å². The molecule has 2 aromatic heterocycles. The van der Waals surface area contributed by atoms with E-state index in [0.717, 1.165) is 9.92 Å². The fourth-order valence-electron chi connectivity index (χ4n) is 1.59. The summed E-state index contributed by atoms with van der Waals surface area (Å²) in [4.78, 5) is 1.16. The fourth-order valence-corrected chi connectivity index (χ4v) is 2.45. The molecule has 18 heavy (non-hydrogen) atoms. The number of hydrogen-bond donors (Lipinski definition) is 0. The molecule has 2 heterocycles. The molecular weight excluding hydrogens is 246 g/mol. The van der Waals surface area contributed by atoms with E-state index in [9.17, 15) is 0 Å². The summed E-state index contributed by atoms with van der Waals surface area (Å²) in [7, 11) is 0. The minimum absolute atomic E-state index is 0.652. The lowest BCUT2D eigenvalue weighted by atomic mass is 10.1. The predicted octanol–water partition coefficient (Wildman–Crippen LogP) is 2.29. The monoisotopic (exact) mass is 257 g/mol. The van der Waals surface area contributed by atoms with Crippen LogP contribution in [0.4, 0.5) is 0 Å². The van der Waals surface area contributed by atoms with E-state index in [1.807, 2.05) is 12.1 Å². The van der Waals surface area contributed by atoms with E-state index in [1.165, 1.54) is 15.8 Å². The molecule has 0 aliphatic heterocycles. The first-order valence-electron chi connectivity index (χ1n) is 5.53. The van der Waals surface area contributed by atoms with Gasteiger partial charge in [-0.3, -0.25) is 0 Å². The Morgan fingerprint density at radius 2 is 1.94 bits per heavy atom. The minimum Gasteiger partial charge on any atom is -0.140 e. The van der Waals surface area contributed by atoms with Crippen molar-refractivity contribution in [3.05, 3.63) is 41.5 Å². The van der Waals surface area contributed by atoms with Crippen molar-refractivity contribution in [1.29, 1.82) is 0 Å². The molecule has 0 saturated heterocycles. The van der Waals surface area contributed by atoms with Crippen LogP contribution in [-0.4, -0.2) is 25.3 Å². The van der Waals surface area contributed by atoms with Gasteiger partial charge >= 0.3 is 0 Å². The molecule has 6 heteroatoms. The Labute approximate surface area is 108 Å². The van der Waals surface area contributed by atoms with Gasteiger partial charge in [0.1, 0.15) is 5.03 Å². The Morgan fingerprint density at radius 1 is 1.06 bits per heavy atom. The Morgan fingerprint density at radius 3 is 2.78 bits per heavy atom. The van der Waals surface area contributed by atoms with E-state index < -0.39 is 0 Å². The molecule has 3 aromatic rings. The van der Waals surface area contributed by atoms with Crippen LogP contribution < -0.4 is 0 Å². The maximum atomic E-state index is 4.33. The standard InChI is InChI=1S/C12H11N5S/c1-8-3-4-10(7-9(8)2)18-12-6-5-11-13-15-16-17(11)14-12/h3-7H,1-2H3. The summed E-state index contributed by atoms with van der Waals surface area (Å²) in [5.41, 5.74) is 3.23. The summed E-state index contributed by atoms with van der Waals surface area (Å²) in [5, 5.41) is 16.4. The van der Waals surface area contributed by atoms with Gasteiger partial charge in [0.2, 0.25) is 0 Å². The van der Waals surface area contributed by atoms with Gasteiger partial charge in [-0.2, -0.15) is 0 Å². The van der Waals surface area contributed by atoms with Crippen molar-refractivity contribution in [3.63, 3.8) is 0 Å². The second kappa shape index (κ2) is 4.38. The van der Waals surface area contributed by atoms with Crippen molar-refractivity contribution in [3.8, 4) is 0 Å². The fraction of sp³-hybridized carbons (Fsp3) is 0.167. The third-order valence-corrected chi connectivity index (χ3v) is 3.66. The average Bonchev–Trinajstić information content (AvgIpc) is 2.81. The topological polar surface area (TPSA) is 56.0 Å². The third kappa shape index (κ3) is 2.06. The largest absolute Gasteiger partial charge is 0.200 e. The highest BCUT2D eigenvalue weighted by atomic mass is 32.2. The Kier molecular flexibility index (Phi) is 2.71. The molecule has 0 bridgehead atoms. The number of nitrogens with zero attached hydrogens (tertiary/aromatic N) is 5. The van der Waals surface area contributed by atoms with Crippen molar-refractivity contribution >= 4 is 17.4 Å². The second-order valence-corrected chi connectivity index (χ2v) is 5.14. The number of tetrazole rings is 1. The first-order chi connectivity index (χ1) is 8.72. The van der Waals surface area contributed by atoms with E-state index >= 15 is 0 Å². The van der Waals surface area contributed by atoms with Gasteiger partial charge in [0.15, 0.2) is 5.65 Å². The average molecular weight is 257 g/mol. The Balaban J connectivity index is 1.92. The lowest BCUT2D eigenvalue weighted by Gasteiger charge is -2.04. The van der Waals surface area contributed by atoms with Gasteiger partial charge in [0.05, 0.1) is 0 Å². The normalized spacial score (nSPS) is 11.0. The van der Waals surface area contributed by atoms with Gasteiger partial charge in [0.25, 0.3) is 0 Å². The molecule has 3 rings (SSSR count). The molecule has 0 saturated carbocycles. The highest BCUT2D eigenvalue weighted by Gasteiger charge is 2.03. The number of fused-ring (bicyclic) bond motifs is 1. The molecule has 0 atom stereocenters. The molecule has 0 aliphatic rings. The van der Waals surface area contributed by atoms with E-state index in [4.69, 9.17) is 0 Å². The van der Waals surface area contributed by atoms with Gasteiger partial charge in [-0.25, -0.2) is 0 Å². The maximum absolute atomic E-state index is 4.33. The van der Waals surface area contributed by atoms with Crippen molar-refractivity contribution in [2.75, 3.05) is 0 Å². The number of aryl methyl sites for hydroxylation is 2. The number of benzene rings is 1. The van der Waals surface area contributed by atoms with Gasteiger partial charge < -0.3 is 0 Å². The predicted molar refractivity (Wildman–Crippen MR) is 68.6 cm³/mol. The summed E-state index contributed by atoms with van der Waals surface area (Å²) in [6.45, 7) is 4.21. The summed E-state index contributed by atoms with van der Waals surface area (Å²) in [6, 6.07) is 10.2. The Bertz CT molecular complexity index is 707. The molecule has 0 spiro atoms. The molecule has 0 radical (unpaired) electrons. The first kappa shape index (κ1) is 11.2. The quantitative estimate of drug-likeness (QED) is 0.705. The summed E-state index contributed by atoms with van der Waals surface area (Å²) in [6.07, 6.45) is 0. The SMILES string of the molecule is Cc1ccc(Sc2ccc3nnnn3n2)cc1C. The summed E-state index contributed by atoms with van der Waals surface area (Å²) < 4.78 is 1.43. The van der Waals surface area contributed by atoms with Crippen molar-refractivity contribution < 1.29 is 0 Å². The van der Waals surface area contributed by atoms with Crippen molar-refractivity contribution in [2.45, 2.75) is 23.8 Å². The first-order valence-corrected chi connectivity index (χ1v) is 6.34. The van der Waals surface area contributed by atoms with E-state index in [2.05, 4.69) is 52.7 Å². The van der Waals surface area contributed by atoms with Crippen LogP contribution in [0.3, 0.4) is 0 Å². The van der Waals surface area contributed by atoms with Gasteiger partial charge in [0, 0.05) is 4.90 Å². The summed E-state index contributed by atoms with van der Waals surface area (Å²) >= 11 is 1.60. The van der Waals surface area contributed by atoms with Crippen LogP contribution >= 0.6 is 11.8 Å². The summed E-state index contributed by atoms with van der Waals surface area (Å²) in [5.74, 6) is 0. The van der Waals surface area contributed by atoms with Gasteiger partial charge in [-0.15, -0.1) is 14.8 Å². The van der Waals surface area contributed by atoms with Crippen LogP contribution in [-0.2, 0) is 0 Å². The molecule has 90 valence electrons. The molecule has 1 aromatic carbocycles. The maximum Gasteiger partial charge on any atom is 0.200 e. The van der Waals surface area contributed by atoms with Crippen LogP contribution in [0.15, 0.2) is 40.3 Å². The molecule has 0 N–H and O–H groups in total. The molecule has 5 nitrogen and oxygen atoms in total. The van der Waals surface area contributed by atoms with E-state index in [0.29, 0.717) is 5.65 Å². The van der Waals surface area contributed by atoms with Crippen LogP contribution in [0.1, 0.15) is 11.1 Å². The molecule has 0 unspecified atom stereocenters. The molecule has 0 fully saturated rings. The molecule has 0 aliphatic carbocycles. The lowest BCUT2D eigenvalue weighted by Crippen LogP contribution is -1.95. The highest BCUT2D eigenvalue weighted by molar-refractivity contribution is 7.99. The third-order valence-electron chi connectivity index (χ3n) is 2.75. The van der Waals surface area contributed by atoms with Crippen molar-refractivity contribution in [2.24, 2.45) is 0 Å². The Hall–Kier alpha value is -1.95. The van der Waals surface area contributed by atoms with E-state index in [1.54, 1.807) is 11.8 Å². The number of aromatic nitrogens is 5. The second-order valence-electron chi connectivity index (χ2n) is 4.05. The zero-order valence-corrected chi connectivity index (χ0v) is 10.8. The van der Waals surface area contributed by atoms with Crippen LogP contribution in [0.2, 0.25) is 0 Å². The zero-order chi connectivity index (χ0) is 12.5. The minimum atomic E-state index is 0.652. The van der Waals surface area contributed by atoms with Crippen LogP contribution in [0.5, 0.6) is 0 Å². The lowest BCUT2D eigenvalue weighted by molar-refractivity contribution is 0.702. The van der Waals surface area contributed by atoms with Gasteiger partial charge in [-0.1, -0.05) is 17.8 Å².